The smallest absolute Gasteiger partial charge is 0.135 e. The van der Waals surface area contributed by atoms with Gasteiger partial charge in [-0.3, -0.25) is 4.90 Å². The lowest BCUT2D eigenvalue weighted by Gasteiger charge is -2.30. The van der Waals surface area contributed by atoms with Gasteiger partial charge in [-0.1, -0.05) is 6.07 Å². The Morgan fingerprint density at radius 2 is 2.04 bits per heavy atom. The number of anilines is 2. The Hall–Kier alpha value is -2.05. The van der Waals surface area contributed by atoms with Crippen LogP contribution >= 0.6 is 0 Å². The monoisotopic (exact) mass is 367 g/mol. The van der Waals surface area contributed by atoms with Gasteiger partial charge in [0.1, 0.15) is 17.5 Å². The second kappa shape index (κ2) is 8.31. The van der Waals surface area contributed by atoms with E-state index in [0.717, 1.165) is 60.9 Å². The Kier molecular flexibility index (Phi) is 5.64. The van der Waals surface area contributed by atoms with Crippen LogP contribution in [0.15, 0.2) is 24.4 Å². The number of ether oxygens (including phenoxy) is 1. The number of likely N-dealkylation sites (tertiary alicyclic amines) is 1. The number of aromatic nitrogens is 3. The van der Waals surface area contributed by atoms with Gasteiger partial charge in [0.25, 0.3) is 0 Å². The third kappa shape index (κ3) is 4.45. The lowest BCUT2D eigenvalue weighted by Crippen LogP contribution is -2.32. The summed E-state index contributed by atoms with van der Waals surface area (Å²) in [4.78, 5) is 16.4. The molecule has 0 aromatic carbocycles. The van der Waals surface area contributed by atoms with E-state index in [9.17, 15) is 0 Å². The van der Waals surface area contributed by atoms with Crippen LogP contribution in [0, 0.1) is 19.8 Å². The van der Waals surface area contributed by atoms with E-state index in [-0.39, 0.29) is 0 Å². The molecule has 27 heavy (non-hydrogen) atoms. The molecule has 0 spiro atoms. The van der Waals surface area contributed by atoms with Crippen molar-refractivity contribution < 1.29 is 4.74 Å². The van der Waals surface area contributed by atoms with Gasteiger partial charge in [0.15, 0.2) is 0 Å². The highest BCUT2D eigenvalue weighted by atomic mass is 16.5. The first-order chi connectivity index (χ1) is 13.2. The zero-order valence-corrected chi connectivity index (χ0v) is 16.3. The normalized spacial score (nSPS) is 21.5. The minimum atomic E-state index is 0.389. The molecule has 2 fully saturated rings. The molecular weight excluding hydrogens is 338 g/mol. The molecular formula is C21H29N5O. The predicted octanol–water partition coefficient (Wildman–Crippen LogP) is 3.80. The summed E-state index contributed by atoms with van der Waals surface area (Å²) in [6, 6.07) is 6.49. The quantitative estimate of drug-likeness (QED) is 0.867. The Labute approximate surface area is 161 Å². The summed E-state index contributed by atoms with van der Waals surface area (Å²) in [7, 11) is 0. The molecule has 6 nitrogen and oxygen atoms in total. The van der Waals surface area contributed by atoms with Crippen LogP contribution in [0.1, 0.15) is 48.8 Å². The molecule has 2 aromatic heterocycles. The third-order valence-electron chi connectivity index (χ3n) is 5.65. The summed E-state index contributed by atoms with van der Waals surface area (Å²) in [5, 5.41) is 3.38. The summed E-state index contributed by atoms with van der Waals surface area (Å²) >= 11 is 0. The summed E-state index contributed by atoms with van der Waals surface area (Å²) in [5.74, 6) is 3.24. The molecule has 0 aliphatic carbocycles. The van der Waals surface area contributed by atoms with Crippen molar-refractivity contribution in [2.45, 2.75) is 45.6 Å². The standard InChI is InChI=1S/C21H29N5O/c1-15-5-3-9-22-21(15)25-20-13-18(23-16(2)24-20)19-6-4-10-26(19)14-17-7-11-27-12-8-17/h3,5,9,13,17,19H,4,6-8,10-12,14H2,1-2H3,(H,22,23,24,25). The van der Waals surface area contributed by atoms with Gasteiger partial charge in [-0.05, 0) is 63.6 Å². The van der Waals surface area contributed by atoms with Gasteiger partial charge < -0.3 is 10.1 Å². The fourth-order valence-electron chi connectivity index (χ4n) is 4.20. The average molecular weight is 367 g/mol. The average Bonchev–Trinajstić information content (AvgIpc) is 3.12. The van der Waals surface area contributed by atoms with Gasteiger partial charge in [0.2, 0.25) is 0 Å². The lowest BCUT2D eigenvalue weighted by molar-refractivity contribution is 0.0504. The van der Waals surface area contributed by atoms with Gasteiger partial charge in [-0.2, -0.15) is 0 Å². The highest BCUT2D eigenvalue weighted by molar-refractivity contribution is 5.55. The van der Waals surface area contributed by atoms with Crippen LogP contribution in [0.25, 0.3) is 0 Å². The minimum absolute atomic E-state index is 0.389. The minimum Gasteiger partial charge on any atom is -0.381 e. The summed E-state index contributed by atoms with van der Waals surface area (Å²) in [6.07, 6.45) is 6.56. The molecule has 1 unspecified atom stereocenters. The Morgan fingerprint density at radius 1 is 1.19 bits per heavy atom. The predicted molar refractivity (Wildman–Crippen MR) is 106 cm³/mol. The first-order valence-corrected chi connectivity index (χ1v) is 10.0. The SMILES string of the molecule is Cc1nc(Nc2ncccc2C)cc(C2CCCN2CC2CCOCC2)n1. The van der Waals surface area contributed by atoms with E-state index < -0.39 is 0 Å². The highest BCUT2D eigenvalue weighted by Crippen LogP contribution is 2.34. The number of pyridine rings is 1. The van der Waals surface area contributed by atoms with E-state index in [1.807, 2.05) is 13.0 Å². The summed E-state index contributed by atoms with van der Waals surface area (Å²) in [5.41, 5.74) is 2.24. The number of nitrogens with zero attached hydrogens (tertiary/aromatic N) is 4. The van der Waals surface area contributed by atoms with Gasteiger partial charge in [-0.25, -0.2) is 15.0 Å². The lowest BCUT2D eigenvalue weighted by atomic mass is 9.99. The maximum absolute atomic E-state index is 5.52. The molecule has 4 heterocycles. The summed E-state index contributed by atoms with van der Waals surface area (Å²) < 4.78 is 5.52. The third-order valence-corrected chi connectivity index (χ3v) is 5.65. The van der Waals surface area contributed by atoms with Gasteiger partial charge in [-0.15, -0.1) is 0 Å². The Balaban J connectivity index is 1.52. The van der Waals surface area contributed by atoms with Crippen molar-refractivity contribution in [1.29, 1.82) is 0 Å². The second-order valence-corrected chi connectivity index (χ2v) is 7.73. The molecule has 0 radical (unpaired) electrons. The van der Waals surface area contributed by atoms with Crippen LogP contribution in [0.2, 0.25) is 0 Å². The zero-order chi connectivity index (χ0) is 18.6. The molecule has 0 saturated carbocycles. The van der Waals surface area contributed by atoms with E-state index in [1.54, 1.807) is 6.20 Å². The number of rotatable bonds is 5. The van der Waals surface area contributed by atoms with Crippen molar-refractivity contribution in [2.75, 3.05) is 31.6 Å². The first-order valence-electron chi connectivity index (χ1n) is 10.0. The number of aryl methyl sites for hydroxylation is 2. The van der Waals surface area contributed by atoms with Crippen molar-refractivity contribution in [3.63, 3.8) is 0 Å². The zero-order valence-electron chi connectivity index (χ0n) is 16.3. The van der Waals surface area contributed by atoms with Gasteiger partial charge in [0, 0.05) is 32.0 Å². The fraction of sp³-hybridized carbons (Fsp3) is 0.571. The molecule has 2 aliphatic heterocycles. The molecule has 2 saturated heterocycles. The molecule has 1 atom stereocenters. The Morgan fingerprint density at radius 3 is 2.85 bits per heavy atom. The molecule has 6 heteroatoms. The highest BCUT2D eigenvalue weighted by Gasteiger charge is 2.30. The van der Waals surface area contributed by atoms with E-state index >= 15 is 0 Å². The molecule has 0 amide bonds. The van der Waals surface area contributed by atoms with Crippen LogP contribution in [-0.4, -0.2) is 46.2 Å². The number of nitrogens with one attached hydrogen (secondary N) is 1. The van der Waals surface area contributed by atoms with Crippen LogP contribution < -0.4 is 5.32 Å². The number of hydrogen-bond donors (Lipinski definition) is 1. The molecule has 144 valence electrons. The van der Waals surface area contributed by atoms with E-state index in [2.05, 4.69) is 39.2 Å². The van der Waals surface area contributed by atoms with Crippen molar-refractivity contribution in [2.24, 2.45) is 5.92 Å². The fourth-order valence-corrected chi connectivity index (χ4v) is 4.20. The molecule has 1 N–H and O–H groups in total. The van der Waals surface area contributed by atoms with Gasteiger partial charge in [0.05, 0.1) is 11.7 Å². The second-order valence-electron chi connectivity index (χ2n) is 7.73. The molecule has 2 aromatic rings. The van der Waals surface area contributed by atoms with Crippen molar-refractivity contribution in [3.05, 3.63) is 41.5 Å². The van der Waals surface area contributed by atoms with Crippen LogP contribution in [0.4, 0.5) is 11.6 Å². The van der Waals surface area contributed by atoms with Crippen molar-refractivity contribution >= 4 is 11.6 Å². The number of hydrogen-bond acceptors (Lipinski definition) is 6. The largest absolute Gasteiger partial charge is 0.381 e. The molecule has 4 rings (SSSR count). The van der Waals surface area contributed by atoms with Crippen LogP contribution in [0.3, 0.4) is 0 Å². The summed E-state index contributed by atoms with van der Waals surface area (Å²) in [6.45, 7) is 8.15. The van der Waals surface area contributed by atoms with Gasteiger partial charge >= 0.3 is 0 Å². The van der Waals surface area contributed by atoms with E-state index in [4.69, 9.17) is 9.72 Å². The van der Waals surface area contributed by atoms with Crippen LogP contribution in [0.5, 0.6) is 0 Å². The van der Waals surface area contributed by atoms with Crippen molar-refractivity contribution in [1.82, 2.24) is 19.9 Å². The topological polar surface area (TPSA) is 63.2 Å². The maximum Gasteiger partial charge on any atom is 0.135 e. The van der Waals surface area contributed by atoms with E-state index in [0.29, 0.717) is 6.04 Å². The van der Waals surface area contributed by atoms with Crippen LogP contribution in [-0.2, 0) is 4.74 Å². The van der Waals surface area contributed by atoms with E-state index in [1.165, 1.54) is 25.7 Å². The molecule has 2 aliphatic rings. The van der Waals surface area contributed by atoms with Crippen molar-refractivity contribution in [3.8, 4) is 0 Å². The molecule has 0 bridgehead atoms. The maximum atomic E-state index is 5.52. The Bertz CT molecular complexity index is 775. The first kappa shape index (κ1) is 18.3.